The Bertz CT molecular complexity index is 4020. The van der Waals surface area contributed by atoms with Crippen LogP contribution in [-0.2, 0) is 47.8 Å². The van der Waals surface area contributed by atoms with E-state index in [2.05, 4.69) is 37.2 Å². The number of phenolic OH excluding ortho intramolecular Hbond substituents is 3. The Morgan fingerprint density at radius 2 is 1.35 bits per heavy atom. The third kappa shape index (κ3) is 16.0. The Kier molecular flexibility index (Phi) is 22.6. The molecule has 0 saturated carbocycles. The number of aliphatic hydroxyl groups excluding tert-OH is 7. The van der Waals surface area contributed by atoms with Crippen LogP contribution in [0, 0.1) is 5.92 Å². The van der Waals surface area contributed by atoms with E-state index in [-0.39, 0.29) is 52.0 Å². The van der Waals surface area contributed by atoms with Crippen LogP contribution in [0.3, 0.4) is 0 Å². The fraction of sp³-hybridized carbons (Fsp3) is 0.439. The number of carboxylic acid groups (broad SMARTS) is 1. The fourth-order valence-electron chi connectivity index (χ4n) is 12.6. The number of carboxylic acids is 1. The van der Waals surface area contributed by atoms with E-state index in [1.54, 1.807) is 0 Å². The van der Waals surface area contributed by atoms with E-state index in [0.29, 0.717) is 0 Å². The van der Waals surface area contributed by atoms with Crippen LogP contribution in [0.5, 0.6) is 46.0 Å². The van der Waals surface area contributed by atoms with Crippen molar-refractivity contribution in [2.45, 2.75) is 162 Å². The molecule has 544 valence electrons. The molecule has 1 unspecified atom stereocenters. The molecular weight excluding hydrogens is 1370 g/mol. The third-order valence-electron chi connectivity index (χ3n) is 17.9. The van der Waals surface area contributed by atoms with Gasteiger partial charge < -0.3 is 128 Å². The van der Waals surface area contributed by atoms with Crippen molar-refractivity contribution < 1.29 is 118 Å². The maximum atomic E-state index is 16.1. The first-order chi connectivity index (χ1) is 47.7. The highest BCUT2D eigenvalue weighted by Gasteiger charge is 2.49. The number of fused-ring (bicyclic) bond motifs is 15. The number of rotatable bonds is 13. The molecule has 7 aliphatic rings. The zero-order valence-electron chi connectivity index (χ0n) is 54.4. The van der Waals surface area contributed by atoms with E-state index in [0.717, 1.165) is 42.5 Å². The van der Waals surface area contributed by atoms with Gasteiger partial charge in [0.05, 0.1) is 53.4 Å². The number of primary amides is 1. The van der Waals surface area contributed by atoms with E-state index in [1.807, 2.05) is 13.8 Å². The molecule has 6 amide bonds. The zero-order valence-corrected chi connectivity index (χ0v) is 56.0. The van der Waals surface area contributed by atoms with Crippen molar-refractivity contribution in [1.82, 2.24) is 37.2 Å². The van der Waals surface area contributed by atoms with Gasteiger partial charge in [0.25, 0.3) is 0 Å². The number of likely N-dealkylation sites (N-methyl/N-ethyl adjacent to an activating group) is 1. The summed E-state index contributed by atoms with van der Waals surface area (Å²) in [6.07, 6.45) is -21.0. The van der Waals surface area contributed by atoms with E-state index in [9.17, 15) is 70.6 Å². The number of aliphatic carboxylic acids is 1. The lowest BCUT2D eigenvalue weighted by Crippen LogP contribution is -2.61. The number of carbonyl (C=O) groups excluding carboxylic acids is 6. The van der Waals surface area contributed by atoms with Crippen LogP contribution in [0.4, 0.5) is 0 Å². The summed E-state index contributed by atoms with van der Waals surface area (Å²) in [5, 5.41) is 142. The average molecular weight is 1450 g/mol. The minimum absolute atomic E-state index is 0.0729. The minimum atomic E-state index is -2.32. The number of benzene rings is 5. The standard InChI is InChI=1S/C66H77Cl2N9O24/c1-23(2)12-34(71-5)58(88)76-49-51(83)26-7-10-38(32(67)14-26)97-40-16-28-17-41(56(40)101-65-54(86)53(85)52(84)42(22-78)99-65)98-39-11-8-27(15-33(39)68)55(100-44-21-66(4,70)57(87)24(3)96-44)50-63(93)75-48(64(94)95)31-18-29(79)19-37(81)45(31)30-13-25(6-9-36(30)80)46(60(90)77-50)74-61(91)47(28)73-59(89)35(20-43(69)82)72-62(49)92/h6-11,13-19,23-24,34-35,42,44,46-55,57,62,65,71-72,78-81,83-87,92H,12,20-22,70H2,1-5H3,(H2,69,82)(H,73,89)(H,74,91)(H,75,93)(H,76,88)(H,77,90)(H,94,95)/t24-,34+,35-,42-,44-,46+,47+,48+,49+,50-,51+,52-,53+,54-,55+,57-,62?,65+,66-/m0/s1. The van der Waals surface area contributed by atoms with Gasteiger partial charge in [0.1, 0.15) is 89.7 Å². The van der Waals surface area contributed by atoms with Gasteiger partial charge in [-0.2, -0.15) is 0 Å². The van der Waals surface area contributed by atoms with Gasteiger partial charge >= 0.3 is 5.97 Å². The van der Waals surface area contributed by atoms with Crippen LogP contribution in [0.1, 0.15) is 105 Å². The van der Waals surface area contributed by atoms with Crippen LogP contribution in [0.25, 0.3) is 11.1 Å². The number of aromatic hydroxyl groups is 3. The average Bonchev–Trinajstić information content (AvgIpc) is 0.770. The molecular formula is C66H77Cl2N9O24. The first-order valence-corrected chi connectivity index (χ1v) is 32.5. The normalized spacial score (nSPS) is 30.2. The molecule has 22 N–H and O–H groups in total. The van der Waals surface area contributed by atoms with Gasteiger partial charge in [-0.3, -0.25) is 34.1 Å². The summed E-state index contributed by atoms with van der Waals surface area (Å²) in [4.78, 5) is 104. The molecule has 5 aromatic rings. The van der Waals surface area contributed by atoms with Crippen molar-refractivity contribution in [2.24, 2.45) is 17.4 Å². The summed E-state index contributed by atoms with van der Waals surface area (Å²) in [6.45, 7) is 5.65. The Morgan fingerprint density at radius 3 is 1.95 bits per heavy atom. The third-order valence-corrected chi connectivity index (χ3v) is 18.5. The van der Waals surface area contributed by atoms with Gasteiger partial charge in [-0.15, -0.1) is 0 Å². The molecule has 0 spiro atoms. The SMILES string of the molecule is CN[C@H](CC(C)C)C(=O)N[C@H]1C(O)N[C@@H](CC(N)=O)C(=O)N[C@H]2C(=O)N[C@H]3C(=O)N[C@H](C(=O)N[C@@H](C(=O)O)c4cc(O)cc(O)c4-c4cc3ccc4O)[C@H](O[C@H]3C[C@](C)(N)[C@@H](O)[C@H](C)O3)c3ccc(c(Cl)c3)Oc3cc2cc(c3O[C@H]2O[C@@H](CO)[C@H](O)[C@@H](O)[C@@H]2O)Oc2ccc(cc2Cl)[C@H]1O. The number of carbonyl (C=O) groups is 7. The molecule has 7 heterocycles. The lowest BCUT2D eigenvalue weighted by Gasteiger charge is -2.44. The van der Waals surface area contributed by atoms with Gasteiger partial charge in [-0.05, 0) is 110 Å². The van der Waals surface area contributed by atoms with Crippen molar-refractivity contribution in [2.75, 3.05) is 13.7 Å². The number of halogens is 2. The molecule has 11 bridgehead atoms. The van der Waals surface area contributed by atoms with E-state index in [1.165, 1.54) is 57.3 Å². The highest BCUT2D eigenvalue weighted by atomic mass is 35.5. The number of ether oxygens (including phenoxy) is 6. The highest BCUT2D eigenvalue weighted by molar-refractivity contribution is 6.32. The van der Waals surface area contributed by atoms with Gasteiger partial charge in [-0.25, -0.2) is 4.79 Å². The molecule has 33 nitrogen and oxygen atoms in total. The lowest BCUT2D eigenvalue weighted by molar-refractivity contribution is -0.277. The molecule has 35 heteroatoms. The molecule has 2 fully saturated rings. The van der Waals surface area contributed by atoms with Crippen LogP contribution in [0.2, 0.25) is 10.0 Å². The quantitative estimate of drug-likeness (QED) is 0.0732. The summed E-state index contributed by atoms with van der Waals surface area (Å²) < 4.78 is 38.0. The van der Waals surface area contributed by atoms with Crippen LogP contribution >= 0.6 is 23.2 Å². The highest BCUT2D eigenvalue weighted by Crippen LogP contribution is 2.50. The molecule has 7 aliphatic heterocycles. The molecule has 101 heavy (non-hydrogen) atoms. The molecule has 0 aliphatic carbocycles. The van der Waals surface area contributed by atoms with Crippen molar-refractivity contribution in [3.05, 3.63) is 117 Å². The van der Waals surface area contributed by atoms with Crippen molar-refractivity contribution in [1.29, 1.82) is 0 Å². The predicted molar refractivity (Wildman–Crippen MR) is 350 cm³/mol. The van der Waals surface area contributed by atoms with E-state index < -0.39 is 232 Å². The molecule has 0 aromatic heterocycles. The predicted octanol–water partition coefficient (Wildman–Crippen LogP) is -0.102. The summed E-state index contributed by atoms with van der Waals surface area (Å²) in [7, 11) is 1.49. The number of hydrogen-bond acceptors (Lipinski definition) is 26. The molecule has 0 radical (unpaired) electrons. The van der Waals surface area contributed by atoms with Crippen LogP contribution in [-0.4, -0.2) is 196 Å². The van der Waals surface area contributed by atoms with Crippen molar-refractivity contribution in [3.8, 4) is 57.1 Å². The number of nitrogens with one attached hydrogen (secondary N) is 7. The monoisotopic (exact) mass is 1450 g/mol. The second-order valence-electron chi connectivity index (χ2n) is 25.9. The lowest BCUT2D eigenvalue weighted by atomic mass is 9.86. The number of amides is 6. The topological polar surface area (TPSA) is 534 Å². The maximum absolute atomic E-state index is 16.1. The summed E-state index contributed by atoms with van der Waals surface area (Å²) >= 11 is 14.2. The van der Waals surface area contributed by atoms with Gasteiger partial charge in [-0.1, -0.05) is 55.2 Å². The molecule has 2 saturated heterocycles. The number of nitrogens with two attached hydrogens (primary N) is 2. The van der Waals surface area contributed by atoms with Crippen molar-refractivity contribution in [3.63, 3.8) is 0 Å². The Morgan fingerprint density at radius 1 is 0.733 bits per heavy atom. The Labute approximate surface area is 584 Å². The molecule has 12 rings (SSSR count). The van der Waals surface area contributed by atoms with E-state index in [4.69, 9.17) is 63.1 Å². The smallest absolute Gasteiger partial charge is 0.330 e. The Hall–Kier alpha value is -8.75. The second kappa shape index (κ2) is 30.4. The van der Waals surface area contributed by atoms with E-state index >= 15 is 19.2 Å². The fourth-order valence-corrected chi connectivity index (χ4v) is 13.1. The number of hydrogen-bond donors (Lipinski definition) is 20. The Balaban J connectivity index is 1.26. The molecule has 19 atom stereocenters. The minimum Gasteiger partial charge on any atom is -0.508 e. The maximum Gasteiger partial charge on any atom is 0.330 e. The number of phenols is 3. The summed E-state index contributed by atoms with van der Waals surface area (Å²) in [6, 6.07) is 0.214. The summed E-state index contributed by atoms with van der Waals surface area (Å²) in [5.74, 6) is -14.3. The first-order valence-electron chi connectivity index (χ1n) is 31.8. The number of aliphatic hydroxyl groups is 7. The summed E-state index contributed by atoms with van der Waals surface area (Å²) in [5.41, 5.74) is 8.31. The second-order valence-corrected chi connectivity index (χ2v) is 26.7. The zero-order chi connectivity index (χ0) is 73.5. The van der Waals surface area contributed by atoms with Crippen LogP contribution < -0.4 is 62.9 Å². The van der Waals surface area contributed by atoms with Gasteiger partial charge in [0, 0.05) is 34.7 Å². The molecule has 5 aromatic carbocycles. The first kappa shape index (κ1) is 74.9. The van der Waals surface area contributed by atoms with Crippen LogP contribution in [0.15, 0.2) is 78.9 Å². The largest absolute Gasteiger partial charge is 0.508 e. The van der Waals surface area contributed by atoms with Crippen molar-refractivity contribution >= 4 is 64.6 Å². The van der Waals surface area contributed by atoms with Gasteiger partial charge in [0.15, 0.2) is 23.8 Å². The van der Waals surface area contributed by atoms with Gasteiger partial charge in [0.2, 0.25) is 47.5 Å².